The van der Waals surface area contributed by atoms with Crippen molar-refractivity contribution in [2.45, 2.75) is 0 Å². The number of aromatic nitrogens is 2. The van der Waals surface area contributed by atoms with Gasteiger partial charge in [-0.3, -0.25) is 9.97 Å². The largest absolute Gasteiger partial charge is 0.472 e. The maximum atomic E-state index is 4.94. The van der Waals surface area contributed by atoms with E-state index in [2.05, 4.69) is 9.97 Å². The van der Waals surface area contributed by atoms with E-state index in [4.69, 9.17) is 4.74 Å². The second kappa shape index (κ2) is 2.54. The van der Waals surface area contributed by atoms with E-state index in [9.17, 15) is 0 Å². The van der Waals surface area contributed by atoms with Crippen LogP contribution in [0.3, 0.4) is 0 Å². The molecule has 0 bridgehead atoms. The van der Waals surface area contributed by atoms with Gasteiger partial charge in [0.25, 0.3) is 0 Å². The Kier molecular flexibility index (Phi) is 1.41. The maximum absolute atomic E-state index is 4.94. The summed E-state index contributed by atoms with van der Waals surface area (Å²) in [7, 11) is 0. The molecule has 54 valence electrons. The Morgan fingerprint density at radius 1 is 0.909 bits per heavy atom. The standard InChI is InChI=1S/C8H6N2O/c1-5-11-6-2-8-7(1)9-3-4-10-8/h1-6H. The van der Waals surface area contributed by atoms with Crippen molar-refractivity contribution < 1.29 is 4.74 Å². The molecule has 0 fully saturated rings. The molecule has 11 heavy (non-hydrogen) atoms. The molecule has 3 nitrogen and oxygen atoms in total. The third-order valence-corrected chi connectivity index (χ3v) is 1.37. The minimum Gasteiger partial charge on any atom is -0.472 e. The minimum absolute atomic E-state index is 0.834. The van der Waals surface area contributed by atoms with Crippen LogP contribution in [0.4, 0.5) is 0 Å². The zero-order valence-corrected chi connectivity index (χ0v) is 5.77. The van der Waals surface area contributed by atoms with Gasteiger partial charge in [0.15, 0.2) is 0 Å². The molecule has 0 N–H and O–H groups in total. The van der Waals surface area contributed by atoms with Crippen LogP contribution in [0.1, 0.15) is 11.4 Å². The van der Waals surface area contributed by atoms with Gasteiger partial charge >= 0.3 is 0 Å². The van der Waals surface area contributed by atoms with E-state index in [1.807, 2.05) is 0 Å². The van der Waals surface area contributed by atoms with Crippen molar-refractivity contribution in [3.05, 3.63) is 36.3 Å². The molecule has 1 aromatic rings. The number of hydrogen-bond donors (Lipinski definition) is 0. The fraction of sp³-hybridized carbons (Fsp3) is 0. The molecular weight excluding hydrogens is 140 g/mol. The van der Waals surface area contributed by atoms with Gasteiger partial charge in [-0.05, 0) is 0 Å². The number of nitrogens with zero attached hydrogens (tertiary/aromatic N) is 2. The van der Waals surface area contributed by atoms with Crippen molar-refractivity contribution in [3.63, 3.8) is 0 Å². The number of fused-ring (bicyclic) bond motifs is 1. The third-order valence-electron chi connectivity index (χ3n) is 1.37. The van der Waals surface area contributed by atoms with Gasteiger partial charge in [0.2, 0.25) is 0 Å². The topological polar surface area (TPSA) is 35.0 Å². The third kappa shape index (κ3) is 1.12. The van der Waals surface area contributed by atoms with Gasteiger partial charge in [0, 0.05) is 24.5 Å². The highest BCUT2D eigenvalue weighted by Gasteiger charge is 1.98. The van der Waals surface area contributed by atoms with Gasteiger partial charge < -0.3 is 4.74 Å². The molecule has 0 atom stereocenters. The molecule has 0 aromatic carbocycles. The second-order valence-corrected chi connectivity index (χ2v) is 2.07. The predicted molar refractivity (Wildman–Crippen MR) is 41.2 cm³/mol. The van der Waals surface area contributed by atoms with Gasteiger partial charge in [-0.2, -0.15) is 0 Å². The lowest BCUT2D eigenvalue weighted by Crippen LogP contribution is -1.87. The number of hydrogen-bond acceptors (Lipinski definition) is 3. The number of ether oxygens (including phenoxy) is 1. The lowest BCUT2D eigenvalue weighted by Gasteiger charge is -1.93. The molecule has 0 unspecified atom stereocenters. The van der Waals surface area contributed by atoms with Crippen molar-refractivity contribution in [1.82, 2.24) is 9.97 Å². The molecule has 1 aliphatic heterocycles. The summed E-state index contributed by atoms with van der Waals surface area (Å²) in [6.45, 7) is 0. The van der Waals surface area contributed by atoms with E-state index >= 15 is 0 Å². The minimum atomic E-state index is 0.834. The Bertz CT molecular complexity index is 287. The van der Waals surface area contributed by atoms with Crippen LogP contribution in [0, 0.1) is 0 Å². The first-order valence-corrected chi connectivity index (χ1v) is 3.26. The Hall–Kier alpha value is -1.64. The van der Waals surface area contributed by atoms with Crippen LogP contribution < -0.4 is 0 Å². The van der Waals surface area contributed by atoms with E-state index < -0.39 is 0 Å². The van der Waals surface area contributed by atoms with Crippen LogP contribution in [0.2, 0.25) is 0 Å². The Labute approximate surface area is 64.1 Å². The van der Waals surface area contributed by atoms with Gasteiger partial charge in [0.1, 0.15) is 0 Å². The van der Waals surface area contributed by atoms with Crippen LogP contribution in [0.15, 0.2) is 24.9 Å². The Morgan fingerprint density at radius 3 is 2.00 bits per heavy atom. The van der Waals surface area contributed by atoms with Crippen LogP contribution in [0.5, 0.6) is 0 Å². The summed E-state index contributed by atoms with van der Waals surface area (Å²) in [6, 6.07) is 0. The molecule has 0 aliphatic carbocycles. The lowest BCUT2D eigenvalue weighted by atomic mass is 10.3. The summed E-state index contributed by atoms with van der Waals surface area (Å²) >= 11 is 0. The zero-order valence-electron chi connectivity index (χ0n) is 5.77. The van der Waals surface area contributed by atoms with E-state index in [1.165, 1.54) is 0 Å². The SMILES string of the molecule is C1=Cc2nccnc2C=CO1. The fourth-order valence-electron chi connectivity index (χ4n) is 0.869. The zero-order chi connectivity index (χ0) is 7.52. The highest BCUT2D eigenvalue weighted by atomic mass is 16.5. The predicted octanol–water partition coefficient (Wildman–Crippen LogP) is 1.45. The normalized spacial score (nSPS) is 13.5. The van der Waals surface area contributed by atoms with E-state index in [0.717, 1.165) is 11.4 Å². The molecule has 2 heterocycles. The first kappa shape index (κ1) is 6.09. The summed E-state index contributed by atoms with van der Waals surface area (Å²) in [4.78, 5) is 8.20. The molecule has 0 saturated heterocycles. The van der Waals surface area contributed by atoms with Crippen LogP contribution in [-0.4, -0.2) is 9.97 Å². The monoisotopic (exact) mass is 146 g/mol. The second-order valence-electron chi connectivity index (χ2n) is 2.07. The molecule has 0 spiro atoms. The van der Waals surface area contributed by atoms with Gasteiger partial charge in [-0.25, -0.2) is 0 Å². The smallest absolute Gasteiger partial charge is 0.0923 e. The average molecular weight is 146 g/mol. The van der Waals surface area contributed by atoms with Crippen molar-refractivity contribution >= 4 is 12.2 Å². The molecule has 0 saturated carbocycles. The molecule has 1 aliphatic rings. The van der Waals surface area contributed by atoms with E-state index in [0.29, 0.717) is 0 Å². The first-order valence-electron chi connectivity index (χ1n) is 3.26. The van der Waals surface area contributed by atoms with Crippen molar-refractivity contribution in [1.29, 1.82) is 0 Å². The van der Waals surface area contributed by atoms with Crippen LogP contribution >= 0.6 is 0 Å². The van der Waals surface area contributed by atoms with E-state index in [-0.39, 0.29) is 0 Å². The molecular formula is C8H6N2O. The summed E-state index contributed by atoms with van der Waals surface area (Å²) in [5.41, 5.74) is 1.67. The highest BCUT2D eigenvalue weighted by molar-refractivity contribution is 5.59. The summed E-state index contributed by atoms with van der Waals surface area (Å²) < 4.78 is 4.94. The molecule has 0 amide bonds. The van der Waals surface area contributed by atoms with Crippen molar-refractivity contribution in [2.75, 3.05) is 0 Å². The summed E-state index contributed by atoms with van der Waals surface area (Å²) in [6.07, 6.45) is 10.0. The van der Waals surface area contributed by atoms with Gasteiger partial charge in [-0.15, -0.1) is 0 Å². The molecule has 0 radical (unpaired) electrons. The van der Waals surface area contributed by atoms with Crippen LogP contribution in [-0.2, 0) is 4.74 Å². The molecule has 3 heteroatoms. The summed E-state index contributed by atoms with van der Waals surface area (Å²) in [5, 5.41) is 0. The van der Waals surface area contributed by atoms with Crippen molar-refractivity contribution in [2.24, 2.45) is 0 Å². The maximum Gasteiger partial charge on any atom is 0.0923 e. The molecule has 1 aromatic heterocycles. The van der Waals surface area contributed by atoms with Gasteiger partial charge in [-0.1, -0.05) is 0 Å². The first-order chi connectivity index (χ1) is 5.47. The Morgan fingerprint density at radius 2 is 1.45 bits per heavy atom. The quantitative estimate of drug-likeness (QED) is 0.555. The molecule has 2 rings (SSSR count). The highest BCUT2D eigenvalue weighted by Crippen LogP contribution is 2.09. The van der Waals surface area contributed by atoms with Gasteiger partial charge in [0.05, 0.1) is 23.9 Å². The van der Waals surface area contributed by atoms with Crippen molar-refractivity contribution in [3.8, 4) is 0 Å². The lowest BCUT2D eigenvalue weighted by molar-refractivity contribution is 0.411. The average Bonchev–Trinajstić information content (AvgIpc) is 2.28. The fourth-order valence-corrected chi connectivity index (χ4v) is 0.869. The Balaban J connectivity index is 2.58. The van der Waals surface area contributed by atoms with E-state index in [1.54, 1.807) is 37.1 Å². The van der Waals surface area contributed by atoms with Crippen LogP contribution in [0.25, 0.3) is 12.2 Å². The summed E-state index contributed by atoms with van der Waals surface area (Å²) in [5.74, 6) is 0. The number of rotatable bonds is 0.